The van der Waals surface area contributed by atoms with Crippen LogP contribution in [0, 0.1) is 5.82 Å². The van der Waals surface area contributed by atoms with E-state index in [4.69, 9.17) is 0 Å². The first-order valence-corrected chi connectivity index (χ1v) is 7.38. The molecule has 6 nitrogen and oxygen atoms in total. The molecule has 0 spiro atoms. The molecule has 0 aliphatic carbocycles. The molecular weight excluding hydrogens is 299 g/mol. The highest BCUT2D eigenvalue weighted by molar-refractivity contribution is 6.05. The number of rotatable bonds is 3. The highest BCUT2D eigenvalue weighted by Gasteiger charge is 2.31. The van der Waals surface area contributed by atoms with Crippen molar-refractivity contribution in [1.29, 1.82) is 0 Å². The zero-order valence-electron chi connectivity index (χ0n) is 12.8. The lowest BCUT2D eigenvalue weighted by Gasteiger charge is -2.24. The number of carbonyl (C=O) groups is 2. The quantitative estimate of drug-likeness (QED) is 0.914. The normalized spacial score (nSPS) is 16.9. The number of carbonyl (C=O) groups excluding carboxylic acids is 2. The van der Waals surface area contributed by atoms with E-state index in [9.17, 15) is 14.0 Å². The van der Waals surface area contributed by atoms with Crippen molar-refractivity contribution in [3.8, 4) is 0 Å². The minimum Gasteiger partial charge on any atom is -0.326 e. The SMILES string of the molecule is CC(C)n1cc(NC(=O)C2CC(=O)Nc3cc(F)ccc32)cn1. The van der Waals surface area contributed by atoms with Crippen molar-refractivity contribution in [3.63, 3.8) is 0 Å². The Labute approximate surface area is 132 Å². The number of anilines is 2. The number of nitrogens with one attached hydrogen (secondary N) is 2. The molecule has 3 rings (SSSR count). The molecule has 1 aliphatic rings. The standard InChI is InChI=1S/C16H17FN4O2/c1-9(2)21-8-11(7-18-21)19-16(23)13-6-15(22)20-14-5-10(17)3-4-12(13)14/h3-5,7-9,13H,6H2,1-2H3,(H,19,23)(H,20,22). The van der Waals surface area contributed by atoms with Gasteiger partial charge in [0.05, 0.1) is 17.8 Å². The highest BCUT2D eigenvalue weighted by atomic mass is 19.1. The van der Waals surface area contributed by atoms with Gasteiger partial charge in [-0.15, -0.1) is 0 Å². The van der Waals surface area contributed by atoms with Gasteiger partial charge >= 0.3 is 0 Å². The molecule has 1 unspecified atom stereocenters. The molecule has 7 heteroatoms. The van der Waals surface area contributed by atoms with Gasteiger partial charge < -0.3 is 10.6 Å². The number of nitrogens with zero attached hydrogens (tertiary/aromatic N) is 2. The molecule has 1 aromatic carbocycles. The summed E-state index contributed by atoms with van der Waals surface area (Å²) in [6.07, 6.45) is 3.33. The third-order valence-electron chi connectivity index (χ3n) is 3.77. The van der Waals surface area contributed by atoms with Crippen LogP contribution in [0.15, 0.2) is 30.6 Å². The molecule has 0 fully saturated rings. The van der Waals surface area contributed by atoms with Gasteiger partial charge in [0.2, 0.25) is 11.8 Å². The number of hydrogen-bond donors (Lipinski definition) is 2. The van der Waals surface area contributed by atoms with Crippen LogP contribution in [0.25, 0.3) is 0 Å². The van der Waals surface area contributed by atoms with E-state index in [0.29, 0.717) is 16.9 Å². The summed E-state index contributed by atoms with van der Waals surface area (Å²) in [5.74, 6) is -1.72. The van der Waals surface area contributed by atoms with Crippen molar-refractivity contribution in [2.45, 2.75) is 32.2 Å². The average molecular weight is 316 g/mol. The Morgan fingerprint density at radius 3 is 2.96 bits per heavy atom. The monoisotopic (exact) mass is 316 g/mol. The number of halogens is 1. The minimum atomic E-state index is -0.651. The predicted octanol–water partition coefficient (Wildman–Crippen LogP) is 2.67. The summed E-state index contributed by atoms with van der Waals surface area (Å²) in [5, 5.41) is 9.52. The summed E-state index contributed by atoms with van der Waals surface area (Å²) in [6, 6.07) is 4.23. The van der Waals surface area contributed by atoms with Gasteiger partial charge in [0.15, 0.2) is 0 Å². The summed E-state index contributed by atoms with van der Waals surface area (Å²) in [5.41, 5.74) is 1.53. The molecule has 2 heterocycles. The molecule has 2 N–H and O–H groups in total. The Morgan fingerprint density at radius 1 is 1.48 bits per heavy atom. The summed E-state index contributed by atoms with van der Waals surface area (Å²) in [6.45, 7) is 3.96. The fourth-order valence-electron chi connectivity index (χ4n) is 2.59. The van der Waals surface area contributed by atoms with Crippen molar-refractivity contribution in [3.05, 3.63) is 42.0 Å². The second kappa shape index (κ2) is 5.83. The average Bonchev–Trinajstić information content (AvgIpc) is 2.94. The zero-order valence-corrected chi connectivity index (χ0v) is 12.8. The molecule has 0 saturated heterocycles. The molecule has 23 heavy (non-hydrogen) atoms. The van der Waals surface area contributed by atoms with Crippen LogP contribution in [-0.2, 0) is 9.59 Å². The van der Waals surface area contributed by atoms with Crippen LogP contribution >= 0.6 is 0 Å². The Morgan fingerprint density at radius 2 is 2.26 bits per heavy atom. The van der Waals surface area contributed by atoms with E-state index in [1.165, 1.54) is 18.2 Å². The van der Waals surface area contributed by atoms with Crippen LogP contribution in [0.5, 0.6) is 0 Å². The van der Waals surface area contributed by atoms with E-state index in [0.717, 1.165) is 0 Å². The number of fused-ring (bicyclic) bond motifs is 1. The van der Waals surface area contributed by atoms with E-state index >= 15 is 0 Å². The molecular formula is C16H17FN4O2. The molecule has 1 atom stereocenters. The van der Waals surface area contributed by atoms with Gasteiger partial charge in [-0.25, -0.2) is 4.39 Å². The van der Waals surface area contributed by atoms with Gasteiger partial charge in [-0.3, -0.25) is 14.3 Å². The summed E-state index contributed by atoms with van der Waals surface area (Å²) in [4.78, 5) is 24.3. The number of amides is 2. The van der Waals surface area contributed by atoms with Gasteiger partial charge in [-0.2, -0.15) is 5.10 Å². The van der Waals surface area contributed by atoms with Crippen LogP contribution in [0.3, 0.4) is 0 Å². The number of aromatic nitrogens is 2. The second-order valence-electron chi connectivity index (χ2n) is 5.83. The van der Waals surface area contributed by atoms with Crippen molar-refractivity contribution < 1.29 is 14.0 Å². The van der Waals surface area contributed by atoms with Crippen molar-refractivity contribution in [1.82, 2.24) is 9.78 Å². The van der Waals surface area contributed by atoms with Crippen LogP contribution in [0.1, 0.15) is 37.8 Å². The van der Waals surface area contributed by atoms with Crippen molar-refractivity contribution in [2.24, 2.45) is 0 Å². The third-order valence-corrected chi connectivity index (χ3v) is 3.77. The Hall–Kier alpha value is -2.70. The maximum atomic E-state index is 13.3. The fraction of sp³-hybridized carbons (Fsp3) is 0.312. The lowest BCUT2D eigenvalue weighted by molar-refractivity contribution is -0.123. The van der Waals surface area contributed by atoms with Gasteiger partial charge in [0.1, 0.15) is 5.82 Å². The molecule has 0 bridgehead atoms. The van der Waals surface area contributed by atoms with E-state index in [1.54, 1.807) is 17.1 Å². The molecule has 1 aromatic heterocycles. The first-order chi connectivity index (χ1) is 10.9. The van der Waals surface area contributed by atoms with Crippen molar-refractivity contribution >= 4 is 23.2 Å². The molecule has 0 saturated carbocycles. The van der Waals surface area contributed by atoms with Gasteiger partial charge in [-0.05, 0) is 31.5 Å². The third kappa shape index (κ3) is 3.08. The van der Waals surface area contributed by atoms with Crippen LogP contribution in [0.4, 0.5) is 15.8 Å². The smallest absolute Gasteiger partial charge is 0.232 e. The number of hydrogen-bond acceptors (Lipinski definition) is 3. The zero-order chi connectivity index (χ0) is 16.6. The van der Waals surface area contributed by atoms with E-state index < -0.39 is 11.7 Å². The van der Waals surface area contributed by atoms with Gasteiger partial charge in [0.25, 0.3) is 0 Å². The summed E-state index contributed by atoms with van der Waals surface area (Å²) < 4.78 is 15.0. The maximum Gasteiger partial charge on any atom is 0.232 e. The second-order valence-corrected chi connectivity index (χ2v) is 5.83. The number of benzene rings is 1. The van der Waals surface area contributed by atoms with Crippen molar-refractivity contribution in [2.75, 3.05) is 10.6 Å². The Bertz CT molecular complexity index is 769. The van der Waals surface area contributed by atoms with Crippen LogP contribution in [-0.4, -0.2) is 21.6 Å². The highest BCUT2D eigenvalue weighted by Crippen LogP contribution is 2.33. The lowest BCUT2D eigenvalue weighted by Crippen LogP contribution is -2.30. The van der Waals surface area contributed by atoms with Crippen LogP contribution in [0.2, 0.25) is 0 Å². The predicted molar refractivity (Wildman–Crippen MR) is 83.6 cm³/mol. The Kier molecular flexibility index (Phi) is 3.85. The largest absolute Gasteiger partial charge is 0.326 e. The first kappa shape index (κ1) is 15.2. The molecule has 0 radical (unpaired) electrons. The summed E-state index contributed by atoms with van der Waals surface area (Å²) in [7, 11) is 0. The fourth-order valence-corrected chi connectivity index (χ4v) is 2.59. The molecule has 2 amide bonds. The Balaban J connectivity index is 1.83. The summed E-state index contributed by atoms with van der Waals surface area (Å²) >= 11 is 0. The molecule has 2 aromatic rings. The molecule has 1 aliphatic heterocycles. The lowest BCUT2D eigenvalue weighted by atomic mass is 9.89. The topological polar surface area (TPSA) is 76.0 Å². The minimum absolute atomic E-state index is 0.0305. The molecule has 120 valence electrons. The first-order valence-electron chi connectivity index (χ1n) is 7.38. The van der Waals surface area contributed by atoms with E-state index in [-0.39, 0.29) is 24.3 Å². The van der Waals surface area contributed by atoms with Crippen LogP contribution < -0.4 is 10.6 Å². The van der Waals surface area contributed by atoms with E-state index in [2.05, 4.69) is 15.7 Å². The maximum absolute atomic E-state index is 13.3. The van der Waals surface area contributed by atoms with E-state index in [1.807, 2.05) is 13.8 Å². The van der Waals surface area contributed by atoms with Gasteiger partial charge in [-0.1, -0.05) is 6.07 Å². The van der Waals surface area contributed by atoms with Gasteiger partial charge in [0, 0.05) is 24.3 Å².